The Hall–Kier alpha value is -5.94. The van der Waals surface area contributed by atoms with E-state index in [-0.39, 0.29) is 97.3 Å². The molecule has 22 N–H and O–H groups in total. The normalized spacial score (nSPS) is 22.2. The van der Waals surface area contributed by atoms with E-state index in [9.17, 15) is 125 Å². The average Bonchev–Trinajstić information content (AvgIpc) is 1.62. The number of carboxylic acids is 2. The third kappa shape index (κ3) is 29.3. The van der Waals surface area contributed by atoms with Gasteiger partial charge in [0.15, 0.2) is 35.4 Å². The van der Waals surface area contributed by atoms with Crippen LogP contribution in [0.3, 0.4) is 0 Å². The fourth-order valence-electron chi connectivity index (χ4n) is 9.65. The number of fused-ring (bicyclic) bond motifs is 2. The number of phosphoric acid groups is 6. The van der Waals surface area contributed by atoms with Crippen molar-refractivity contribution in [1.29, 1.82) is 0 Å². The third-order valence-corrected chi connectivity index (χ3v) is 23.6. The monoisotopic (exact) mass is 1760 g/mol. The number of aliphatic carboxylic acids is 2. The molecule has 0 spiro atoms. The van der Waals surface area contributed by atoms with E-state index in [1.165, 1.54) is 27.7 Å². The molecule has 0 bridgehead atoms. The van der Waals surface area contributed by atoms with E-state index in [4.69, 9.17) is 49.2 Å². The number of carbonyl (C=O) groups is 8. The second kappa shape index (κ2) is 41.3. The maximum absolute atomic E-state index is 12.7. The number of nitrogens with two attached hydrogens (primary N) is 2. The van der Waals surface area contributed by atoms with Gasteiger partial charge in [-0.25, -0.2) is 57.3 Å². The molecule has 4 aromatic heterocycles. The van der Waals surface area contributed by atoms with Crippen molar-refractivity contribution in [2.24, 2.45) is 22.7 Å². The van der Waals surface area contributed by atoms with Crippen molar-refractivity contribution >= 4 is 150 Å². The molecule has 2 aliphatic rings. The van der Waals surface area contributed by atoms with Crippen LogP contribution in [-0.2, 0) is 111 Å². The van der Waals surface area contributed by atoms with Crippen LogP contribution in [0.25, 0.3) is 22.3 Å². The van der Waals surface area contributed by atoms with Crippen LogP contribution in [0.5, 0.6) is 0 Å². The summed E-state index contributed by atoms with van der Waals surface area (Å²) in [6, 6.07) is 0. The number of carboxylic acid groups (broad SMARTS) is 2. The molecule has 52 nitrogen and oxygen atoms in total. The zero-order valence-electron chi connectivity index (χ0n) is 59.4. The number of aromatic nitrogens is 8. The summed E-state index contributed by atoms with van der Waals surface area (Å²) >= 11 is 1.50. The van der Waals surface area contributed by atoms with Gasteiger partial charge in [0.05, 0.1) is 39.1 Å². The van der Waals surface area contributed by atoms with Crippen LogP contribution in [-0.4, -0.2) is 268 Å². The number of imidazole rings is 2. The lowest BCUT2D eigenvalue weighted by atomic mass is 9.87. The smallest absolute Gasteiger partial charge is 0.481 e. The minimum absolute atomic E-state index is 0.0186. The minimum Gasteiger partial charge on any atom is -0.481 e. The molecule has 6 unspecified atom stereocenters. The van der Waals surface area contributed by atoms with Gasteiger partial charge in [0.25, 0.3) is 0 Å². The van der Waals surface area contributed by atoms with Gasteiger partial charge in [-0.15, -0.1) is 0 Å². The Bertz CT molecular complexity index is 4030. The number of nitrogens with one attached hydrogen (secondary N) is 4. The van der Waals surface area contributed by atoms with Crippen LogP contribution in [0, 0.1) is 22.7 Å². The first-order valence-electron chi connectivity index (χ1n) is 32.3. The Morgan fingerprint density at radius 1 is 0.527 bits per heavy atom. The molecule has 16 atom stereocenters. The molecule has 6 rings (SSSR count). The van der Waals surface area contributed by atoms with Gasteiger partial charge in [-0.1, -0.05) is 65.1 Å². The van der Waals surface area contributed by atoms with Gasteiger partial charge in [-0.2, -0.15) is 8.62 Å². The standard InChI is InChI=1S/2C26H42N7O19P3S/c2*1-4-13(24(38)39)25(40)56-8-7-28-15(34)5-6-29-22(37)19(36)26(2,3)10-49-55(46,47)52-54(44,45)48-9-14-18(51-53(41,42)43)17(35)23(50-14)33-12-32-16-20(27)30-11-31-21(16)33/h2*11-14,17-19,23,35-36H,4-10H2,1-3H3,(H,28,34)(H,29,37)(H,38,39)(H,44,45)(H,46,47)(H2,27,30,31)(H2,41,42,43)/t2*13?,14-,17-,18-,19+,23-/m11/s1. The molecule has 0 saturated carbocycles. The quantitative estimate of drug-likeness (QED) is 0.0124. The highest BCUT2D eigenvalue weighted by Crippen LogP contribution is 2.63. The maximum atomic E-state index is 12.7. The van der Waals surface area contributed by atoms with Gasteiger partial charge >= 0.3 is 58.9 Å². The molecule has 112 heavy (non-hydrogen) atoms. The van der Waals surface area contributed by atoms with Gasteiger partial charge in [-0.3, -0.25) is 74.6 Å². The minimum atomic E-state index is -5.59. The number of aliphatic hydroxyl groups is 4. The van der Waals surface area contributed by atoms with Crippen LogP contribution in [0.2, 0.25) is 0 Å². The number of aliphatic hydroxyl groups excluding tert-OH is 4. The Balaban J connectivity index is 0.000000400. The van der Waals surface area contributed by atoms with E-state index in [1.54, 1.807) is 13.8 Å². The molecule has 4 aromatic rings. The number of hydrogen-bond donors (Lipinski definition) is 20. The summed E-state index contributed by atoms with van der Waals surface area (Å²) in [7, 11) is -32.9. The summed E-state index contributed by atoms with van der Waals surface area (Å²) in [6.07, 6.45) is -14.0. The highest BCUT2D eigenvalue weighted by atomic mass is 32.2. The Morgan fingerprint density at radius 3 is 1.17 bits per heavy atom. The van der Waals surface area contributed by atoms with Crippen LogP contribution < -0.4 is 32.7 Å². The molecule has 2 saturated heterocycles. The summed E-state index contributed by atoms with van der Waals surface area (Å²) in [5, 5.41) is 69.2. The van der Waals surface area contributed by atoms with Crippen molar-refractivity contribution in [3.05, 3.63) is 25.3 Å². The molecule has 0 radical (unpaired) electrons. The predicted octanol–water partition coefficient (Wildman–Crippen LogP) is -2.45. The summed E-state index contributed by atoms with van der Waals surface area (Å²) in [5.74, 6) is -7.83. The van der Waals surface area contributed by atoms with E-state index < -0.39 is 203 Å². The number of ether oxygens (including phenoxy) is 2. The number of nitrogen functional groups attached to an aromatic ring is 2. The van der Waals surface area contributed by atoms with Crippen LogP contribution in [0.1, 0.15) is 79.7 Å². The van der Waals surface area contributed by atoms with E-state index in [0.29, 0.717) is 0 Å². The molecule has 0 aliphatic carbocycles. The molecular formula is C52H84N14O38P6S2. The fraction of sp³-hybridized carbons (Fsp3) is 0.654. The maximum Gasteiger partial charge on any atom is 0.481 e. The van der Waals surface area contributed by atoms with Crippen LogP contribution in [0.15, 0.2) is 25.3 Å². The van der Waals surface area contributed by atoms with E-state index in [1.807, 2.05) is 0 Å². The predicted molar refractivity (Wildman–Crippen MR) is 377 cm³/mol. The first kappa shape index (κ1) is 96.6. The molecule has 60 heteroatoms. The lowest BCUT2D eigenvalue weighted by Crippen LogP contribution is -2.46. The second-order valence-electron chi connectivity index (χ2n) is 25.1. The SMILES string of the molecule is CCC(C(=O)O)C(=O)SCCNC(=O)CCNC(=O)[C@H](O)C(C)(C)COP(=O)(O)OP(=O)(O)OC[C@H]1O[C@@H](n2cnc3c(N)ncnc32)[C@H](O)[C@@H]1OP(=O)(O)O.CCC(C(=O)O)C(=O)SCCNC(=O)CCNC(=O)[C@H](O)C(C)(C)COP(=O)(O)OP(=O)(O)OC[C@H]1O[C@@H](n2cnc3c(N)ncnc32)[C@H](O)[C@@H]1OP(=O)(O)O. The summed E-state index contributed by atoms with van der Waals surface area (Å²) in [4.78, 5) is 197. The average molecular weight is 1760 g/mol. The first-order valence-corrected chi connectivity index (χ1v) is 43.3. The number of nitrogens with zero attached hydrogens (tertiary/aromatic N) is 8. The molecule has 2 fully saturated rings. The molecule has 632 valence electrons. The van der Waals surface area contributed by atoms with Crippen molar-refractivity contribution in [2.45, 2.75) is 129 Å². The topological polar surface area (TPSA) is 802 Å². The zero-order valence-corrected chi connectivity index (χ0v) is 66.4. The number of amides is 4. The molecular weight excluding hydrogens is 1680 g/mol. The Morgan fingerprint density at radius 2 is 0.857 bits per heavy atom. The fourth-order valence-corrected chi connectivity index (χ4v) is 17.1. The number of anilines is 2. The van der Waals surface area contributed by atoms with Crippen LogP contribution in [0.4, 0.5) is 11.6 Å². The van der Waals surface area contributed by atoms with E-state index >= 15 is 0 Å². The number of hydrogen-bond acceptors (Lipinski definition) is 38. The highest BCUT2D eigenvalue weighted by molar-refractivity contribution is 8.14. The lowest BCUT2D eigenvalue weighted by Gasteiger charge is -2.30. The van der Waals surface area contributed by atoms with Crippen molar-refractivity contribution in [1.82, 2.24) is 60.3 Å². The van der Waals surface area contributed by atoms with Crippen molar-refractivity contribution < 1.29 is 181 Å². The van der Waals surface area contributed by atoms with Crippen LogP contribution >= 0.6 is 70.5 Å². The lowest BCUT2D eigenvalue weighted by molar-refractivity contribution is -0.145. The van der Waals surface area contributed by atoms with E-state index in [2.05, 4.69) is 68.8 Å². The van der Waals surface area contributed by atoms with Gasteiger partial charge in [0.2, 0.25) is 33.9 Å². The van der Waals surface area contributed by atoms with Crippen molar-refractivity contribution in [3.63, 3.8) is 0 Å². The third-order valence-electron chi connectivity index (χ3n) is 15.5. The van der Waals surface area contributed by atoms with Gasteiger partial charge in [0.1, 0.15) is 84.4 Å². The zero-order chi connectivity index (χ0) is 84.5. The molecule has 4 amide bonds. The Kier molecular flexibility index (Phi) is 35.6. The molecule has 2 aliphatic heterocycles. The van der Waals surface area contributed by atoms with Gasteiger partial charge in [-0.05, 0) is 12.8 Å². The Labute approximate surface area is 640 Å². The molecule has 0 aromatic carbocycles. The van der Waals surface area contributed by atoms with Gasteiger partial charge in [0, 0.05) is 61.4 Å². The number of carbonyl (C=O) groups excluding carboxylic acids is 6. The number of rotatable bonds is 44. The highest BCUT2D eigenvalue weighted by Gasteiger charge is 2.53. The summed E-state index contributed by atoms with van der Waals surface area (Å²) in [6.45, 7) is 3.37. The summed E-state index contributed by atoms with van der Waals surface area (Å²) in [5.41, 5.74) is 8.38. The van der Waals surface area contributed by atoms with Crippen molar-refractivity contribution in [3.8, 4) is 0 Å². The second-order valence-corrected chi connectivity index (χ2v) is 35.7. The van der Waals surface area contributed by atoms with Crippen molar-refractivity contribution in [2.75, 3.05) is 75.6 Å². The molecule has 6 heterocycles. The summed E-state index contributed by atoms with van der Waals surface area (Å²) < 4.78 is 124. The first-order chi connectivity index (χ1) is 51.8. The largest absolute Gasteiger partial charge is 0.481 e. The number of phosphoric ester groups is 6. The van der Waals surface area contributed by atoms with E-state index in [0.717, 1.165) is 58.0 Å². The van der Waals surface area contributed by atoms with Gasteiger partial charge < -0.3 is 112 Å². The number of thioether (sulfide) groups is 2.